The van der Waals surface area contributed by atoms with Gasteiger partial charge in [0, 0.05) is 88.1 Å². The highest BCUT2D eigenvalue weighted by Gasteiger charge is 2.64. The van der Waals surface area contributed by atoms with E-state index in [0.717, 1.165) is 51.4 Å². The van der Waals surface area contributed by atoms with Gasteiger partial charge in [-0.05, 0) is 51.7 Å². The molecule has 5 rings (SSSR count). The molecule has 55 heavy (non-hydrogen) atoms. The maximum absolute atomic E-state index is 14.0. The Hall–Kier alpha value is -3.83. The van der Waals surface area contributed by atoms with E-state index in [1.807, 2.05) is 26.8 Å². The molecule has 2 aromatic rings. The number of nitrogens with one attached hydrogen (secondary N) is 1. The number of amides is 2. The van der Waals surface area contributed by atoms with Gasteiger partial charge in [0.25, 0.3) is 5.91 Å². The van der Waals surface area contributed by atoms with Crippen molar-refractivity contribution in [3.8, 4) is 17.6 Å². The lowest BCUT2D eigenvalue weighted by molar-refractivity contribution is -0.164. The summed E-state index contributed by atoms with van der Waals surface area (Å²) >= 11 is 6.28. The van der Waals surface area contributed by atoms with E-state index in [1.165, 1.54) is 0 Å². The van der Waals surface area contributed by atoms with Crippen LogP contribution in [-0.4, -0.2) is 124 Å². The van der Waals surface area contributed by atoms with Crippen LogP contribution in [0.2, 0.25) is 5.02 Å². The van der Waals surface area contributed by atoms with Crippen LogP contribution in [0.3, 0.4) is 0 Å². The SMILES string of the molecule is COCCOCCOc1cc(N2CCC(CN3CCN(C(=O)OC(C)(C)C)CC3)CC2)ncc1C(=O)N[C@H]1C(C)(C)[C@H](Oc2ccc(C#N)c(Cl)c2)C1(C)C. The number of hydrogen-bond donors (Lipinski definition) is 1. The molecule has 0 unspecified atom stereocenters. The van der Waals surface area contributed by atoms with Gasteiger partial charge in [0.2, 0.25) is 0 Å². The van der Waals surface area contributed by atoms with E-state index in [-0.39, 0.29) is 30.8 Å². The van der Waals surface area contributed by atoms with Crippen molar-refractivity contribution in [3.05, 3.63) is 46.6 Å². The van der Waals surface area contributed by atoms with E-state index >= 15 is 0 Å². The van der Waals surface area contributed by atoms with E-state index in [2.05, 4.69) is 48.9 Å². The molecular formula is C41H59ClN6O7. The smallest absolute Gasteiger partial charge is 0.410 e. The second-order valence-electron chi connectivity index (χ2n) is 17.0. The normalized spacial score (nSPS) is 21.3. The van der Waals surface area contributed by atoms with Gasteiger partial charge >= 0.3 is 6.09 Å². The van der Waals surface area contributed by atoms with Gasteiger partial charge in [0.1, 0.15) is 41.7 Å². The first-order chi connectivity index (χ1) is 26.0. The first-order valence-electron chi connectivity index (χ1n) is 19.4. The lowest BCUT2D eigenvalue weighted by Crippen LogP contribution is -2.74. The van der Waals surface area contributed by atoms with Crippen LogP contribution in [0, 0.1) is 28.1 Å². The van der Waals surface area contributed by atoms with Crippen LogP contribution in [0.15, 0.2) is 30.5 Å². The molecule has 2 aliphatic heterocycles. The van der Waals surface area contributed by atoms with Gasteiger partial charge in [-0.3, -0.25) is 9.69 Å². The number of nitrogens with zero attached hydrogens (tertiary/aromatic N) is 5. The molecule has 2 saturated heterocycles. The van der Waals surface area contributed by atoms with E-state index in [4.69, 9.17) is 40.3 Å². The minimum absolute atomic E-state index is 0.226. The van der Waals surface area contributed by atoms with Gasteiger partial charge in [-0.15, -0.1) is 0 Å². The summed E-state index contributed by atoms with van der Waals surface area (Å²) in [6.07, 6.45) is 3.18. The average Bonchev–Trinajstić information content (AvgIpc) is 3.14. The van der Waals surface area contributed by atoms with Crippen molar-refractivity contribution in [3.63, 3.8) is 0 Å². The molecule has 0 atom stereocenters. The fourth-order valence-electron chi connectivity index (χ4n) is 8.30. The van der Waals surface area contributed by atoms with Crippen LogP contribution < -0.4 is 19.7 Å². The highest BCUT2D eigenvalue weighted by atomic mass is 35.5. The van der Waals surface area contributed by atoms with Crippen molar-refractivity contribution < 1.29 is 33.3 Å². The topological polar surface area (TPSA) is 139 Å². The number of pyridine rings is 1. The molecule has 1 aliphatic carbocycles. The second kappa shape index (κ2) is 18.0. The molecule has 13 nitrogen and oxygen atoms in total. The van der Waals surface area contributed by atoms with Crippen molar-refractivity contribution in [1.82, 2.24) is 20.1 Å². The Morgan fingerprint density at radius 3 is 2.27 bits per heavy atom. The van der Waals surface area contributed by atoms with Crippen LogP contribution in [0.25, 0.3) is 0 Å². The zero-order valence-corrected chi connectivity index (χ0v) is 34.5. The molecule has 3 fully saturated rings. The van der Waals surface area contributed by atoms with E-state index in [0.29, 0.717) is 66.5 Å². The highest BCUT2D eigenvalue weighted by Crippen LogP contribution is 2.55. The molecule has 1 aromatic carbocycles. The van der Waals surface area contributed by atoms with Crippen LogP contribution >= 0.6 is 11.6 Å². The summed E-state index contributed by atoms with van der Waals surface area (Å²) in [5.41, 5.74) is -0.613. The molecule has 302 valence electrons. The fraction of sp³-hybridized carbons (Fsp3) is 0.659. The molecule has 1 N–H and O–H groups in total. The van der Waals surface area contributed by atoms with Crippen molar-refractivity contribution in [1.29, 1.82) is 5.26 Å². The Morgan fingerprint density at radius 1 is 0.982 bits per heavy atom. The van der Waals surface area contributed by atoms with E-state index < -0.39 is 16.4 Å². The molecular weight excluding hydrogens is 724 g/mol. The summed E-state index contributed by atoms with van der Waals surface area (Å²) in [4.78, 5) is 37.8. The Bertz CT molecular complexity index is 1660. The number of ether oxygens (including phenoxy) is 5. The number of halogens is 1. The fourth-order valence-corrected chi connectivity index (χ4v) is 8.51. The lowest BCUT2D eigenvalue weighted by atomic mass is 9.49. The summed E-state index contributed by atoms with van der Waals surface area (Å²) in [6.45, 7) is 21.2. The number of anilines is 1. The molecule has 1 saturated carbocycles. The first-order valence-corrected chi connectivity index (χ1v) is 19.7. The molecule has 0 bridgehead atoms. The van der Waals surface area contributed by atoms with Gasteiger partial charge in [0.05, 0.1) is 36.0 Å². The lowest BCUT2D eigenvalue weighted by Gasteiger charge is -2.63. The predicted molar refractivity (Wildman–Crippen MR) is 211 cm³/mol. The molecule has 0 radical (unpaired) electrons. The maximum Gasteiger partial charge on any atom is 0.410 e. The Morgan fingerprint density at radius 2 is 1.65 bits per heavy atom. The molecule has 2 amide bonds. The van der Waals surface area contributed by atoms with E-state index in [1.54, 1.807) is 36.4 Å². The van der Waals surface area contributed by atoms with Crippen molar-refractivity contribution in [2.45, 2.75) is 79.1 Å². The zero-order valence-electron chi connectivity index (χ0n) is 33.8. The van der Waals surface area contributed by atoms with Gasteiger partial charge in [-0.1, -0.05) is 39.3 Å². The van der Waals surface area contributed by atoms with Crippen molar-refractivity contribution in [2.24, 2.45) is 16.7 Å². The number of aromatic nitrogens is 1. The monoisotopic (exact) mass is 782 g/mol. The molecule has 3 heterocycles. The first kappa shape index (κ1) is 42.3. The third-order valence-electron chi connectivity index (χ3n) is 10.9. The third kappa shape index (κ3) is 10.5. The average molecular weight is 783 g/mol. The van der Waals surface area contributed by atoms with Crippen LogP contribution in [0.4, 0.5) is 10.6 Å². The quantitative estimate of drug-likeness (QED) is 0.225. The number of hydrogen-bond acceptors (Lipinski definition) is 11. The highest BCUT2D eigenvalue weighted by molar-refractivity contribution is 6.31. The third-order valence-corrected chi connectivity index (χ3v) is 11.2. The van der Waals surface area contributed by atoms with Crippen LogP contribution in [-0.2, 0) is 14.2 Å². The number of nitriles is 1. The zero-order chi connectivity index (χ0) is 40.0. The Balaban J connectivity index is 1.20. The number of methoxy groups -OCH3 is 1. The standard InChI is InChI=1S/C41H59ClN6O7/c1-39(2,3)55-38(50)48-17-15-46(16-18-48)27-28-11-13-47(14-12-28)34-24-33(53-22-21-52-20-19-51-8)31(26-44-34)35(49)45-36-40(4,5)37(41(36,6)7)54-30-10-9-29(25-43)32(42)23-30/h9-10,23-24,26,28,36-37H,11-22,27H2,1-8H3,(H,45,49)/t36-,37-. The number of piperidine rings is 1. The summed E-state index contributed by atoms with van der Waals surface area (Å²) < 4.78 is 28.9. The largest absolute Gasteiger partial charge is 0.490 e. The number of carbonyl (C=O) groups excluding carboxylic acids is 2. The second-order valence-corrected chi connectivity index (χ2v) is 17.4. The minimum atomic E-state index is -0.495. The Labute approximate surface area is 331 Å². The Kier molecular flexibility index (Phi) is 13.8. The van der Waals surface area contributed by atoms with Gasteiger partial charge < -0.3 is 38.8 Å². The van der Waals surface area contributed by atoms with Gasteiger partial charge in [-0.2, -0.15) is 5.26 Å². The van der Waals surface area contributed by atoms with E-state index in [9.17, 15) is 14.9 Å². The maximum atomic E-state index is 14.0. The molecule has 1 aromatic heterocycles. The summed E-state index contributed by atoms with van der Waals surface area (Å²) in [5, 5.41) is 12.9. The van der Waals surface area contributed by atoms with Crippen molar-refractivity contribution >= 4 is 29.4 Å². The van der Waals surface area contributed by atoms with Crippen molar-refractivity contribution in [2.75, 3.05) is 84.3 Å². The van der Waals surface area contributed by atoms with Gasteiger partial charge in [0.15, 0.2) is 0 Å². The van der Waals surface area contributed by atoms with Gasteiger partial charge in [-0.25, -0.2) is 9.78 Å². The van der Waals surface area contributed by atoms with Crippen LogP contribution in [0.1, 0.15) is 77.2 Å². The van der Waals surface area contributed by atoms with Crippen LogP contribution in [0.5, 0.6) is 11.5 Å². The number of piperazine rings is 1. The summed E-state index contributed by atoms with van der Waals surface area (Å²) in [5.74, 6) is 2.08. The predicted octanol–water partition coefficient (Wildman–Crippen LogP) is 6.03. The molecule has 0 spiro atoms. The number of rotatable bonds is 14. The molecule has 3 aliphatic rings. The molecule has 14 heteroatoms. The number of benzene rings is 1. The minimum Gasteiger partial charge on any atom is -0.490 e. The summed E-state index contributed by atoms with van der Waals surface area (Å²) in [6, 6.07) is 8.78. The summed E-state index contributed by atoms with van der Waals surface area (Å²) in [7, 11) is 1.63. The number of carbonyl (C=O) groups is 2.